The van der Waals surface area contributed by atoms with E-state index in [-0.39, 0.29) is 36.7 Å². The average Bonchev–Trinajstić information content (AvgIpc) is 3.46. The van der Waals surface area contributed by atoms with Crippen molar-refractivity contribution in [2.24, 2.45) is 0 Å². The van der Waals surface area contributed by atoms with Crippen molar-refractivity contribution in [2.45, 2.75) is 25.7 Å². The van der Waals surface area contributed by atoms with Crippen LogP contribution in [0.4, 0.5) is 0 Å². The van der Waals surface area contributed by atoms with E-state index in [1.165, 1.54) is 17.9 Å². The van der Waals surface area contributed by atoms with Gasteiger partial charge >= 0.3 is 5.97 Å². The van der Waals surface area contributed by atoms with Gasteiger partial charge in [0.15, 0.2) is 5.76 Å². The summed E-state index contributed by atoms with van der Waals surface area (Å²) >= 11 is 0. The lowest BCUT2D eigenvalue weighted by Crippen LogP contribution is -2.25. The third-order valence-corrected chi connectivity index (χ3v) is 6.36. The number of cyclic esters (lactones) is 1. The molecule has 1 unspecified atom stereocenters. The molecule has 1 atom stereocenters. The summed E-state index contributed by atoms with van der Waals surface area (Å²) in [6.07, 6.45) is 0.0216. The van der Waals surface area contributed by atoms with Gasteiger partial charge < -0.3 is 23.6 Å². The number of carbonyl (C=O) groups excluding carboxylic acids is 2. The number of carbonyl (C=O) groups is 2. The van der Waals surface area contributed by atoms with Crippen LogP contribution in [0.1, 0.15) is 45.3 Å². The lowest BCUT2D eigenvalue weighted by Gasteiger charge is -2.13. The molecular weight excluding hydrogens is 440 g/mol. The van der Waals surface area contributed by atoms with Crippen LogP contribution in [-0.2, 0) is 22.7 Å². The van der Waals surface area contributed by atoms with Crippen molar-refractivity contribution < 1.29 is 28.6 Å². The first kappa shape index (κ1) is 20.4. The van der Waals surface area contributed by atoms with Crippen LogP contribution in [0.25, 0.3) is 22.3 Å². The number of fused-ring (bicyclic) bond motifs is 5. The Morgan fingerprint density at radius 3 is 2.82 bits per heavy atom. The minimum absolute atomic E-state index is 0.1000. The molecule has 3 aromatic heterocycles. The van der Waals surface area contributed by atoms with Crippen molar-refractivity contribution in [3.8, 4) is 17.1 Å². The van der Waals surface area contributed by atoms with Gasteiger partial charge in [0.25, 0.3) is 5.56 Å². The number of rotatable bonds is 3. The highest BCUT2D eigenvalue weighted by Gasteiger charge is 2.34. The molecule has 170 valence electrons. The fraction of sp³-hybridized carbons (Fsp3) is 0.200. The number of hydrogen-bond donors (Lipinski definition) is 1. The zero-order chi connectivity index (χ0) is 23.6. The SMILES string of the molecule is COc1ccc2nc3c(c(C(=O)c4ccco4)c2c1)Cn1c-3cc2c(c1=O)COC(=O)CC2O. The first-order chi connectivity index (χ1) is 16.5. The monoisotopic (exact) mass is 458 g/mol. The summed E-state index contributed by atoms with van der Waals surface area (Å²) in [6.45, 7) is -0.117. The lowest BCUT2D eigenvalue weighted by molar-refractivity contribution is -0.146. The highest BCUT2D eigenvalue weighted by molar-refractivity contribution is 6.17. The number of benzene rings is 1. The minimum atomic E-state index is -1.17. The summed E-state index contributed by atoms with van der Waals surface area (Å²) in [4.78, 5) is 43.5. The number of aromatic nitrogens is 2. The number of aliphatic hydroxyl groups is 1. The molecule has 0 fully saturated rings. The average molecular weight is 458 g/mol. The maximum absolute atomic E-state index is 13.6. The number of nitrogens with zero attached hydrogens (tertiary/aromatic N) is 2. The van der Waals surface area contributed by atoms with Gasteiger partial charge in [0.05, 0.1) is 54.9 Å². The van der Waals surface area contributed by atoms with E-state index in [4.69, 9.17) is 18.9 Å². The maximum Gasteiger partial charge on any atom is 0.309 e. The van der Waals surface area contributed by atoms with E-state index < -0.39 is 17.6 Å². The quantitative estimate of drug-likeness (QED) is 0.324. The highest BCUT2D eigenvalue weighted by atomic mass is 16.5. The molecule has 1 N–H and O–H groups in total. The Labute approximate surface area is 192 Å². The number of ketones is 1. The molecule has 0 saturated carbocycles. The molecule has 0 bridgehead atoms. The topological polar surface area (TPSA) is 121 Å². The number of aliphatic hydroxyl groups excluding tert-OH is 1. The van der Waals surface area contributed by atoms with Crippen molar-refractivity contribution in [3.63, 3.8) is 0 Å². The van der Waals surface area contributed by atoms with E-state index in [0.29, 0.717) is 44.7 Å². The molecule has 0 radical (unpaired) electrons. The number of ether oxygens (including phenoxy) is 2. The fourth-order valence-corrected chi connectivity index (χ4v) is 4.71. The first-order valence-electron chi connectivity index (χ1n) is 10.7. The summed E-state index contributed by atoms with van der Waals surface area (Å²) < 4.78 is 17.4. The Hall–Kier alpha value is -4.24. The van der Waals surface area contributed by atoms with E-state index in [9.17, 15) is 19.5 Å². The molecule has 1 aromatic carbocycles. The zero-order valence-corrected chi connectivity index (χ0v) is 18.0. The second-order valence-electron chi connectivity index (χ2n) is 8.24. The van der Waals surface area contributed by atoms with E-state index in [2.05, 4.69) is 0 Å². The Morgan fingerprint density at radius 2 is 2.06 bits per heavy atom. The van der Waals surface area contributed by atoms with Crippen LogP contribution in [0.15, 0.2) is 51.9 Å². The van der Waals surface area contributed by atoms with Crippen molar-refractivity contribution in [1.82, 2.24) is 9.55 Å². The normalized spacial score (nSPS) is 16.4. The van der Waals surface area contributed by atoms with Crippen molar-refractivity contribution in [3.05, 3.63) is 81.0 Å². The minimum Gasteiger partial charge on any atom is -0.497 e. The number of esters is 1. The van der Waals surface area contributed by atoms with E-state index in [0.717, 1.165) is 0 Å². The van der Waals surface area contributed by atoms with Gasteiger partial charge in [-0.2, -0.15) is 0 Å². The fourth-order valence-electron chi connectivity index (χ4n) is 4.71. The van der Waals surface area contributed by atoms with Gasteiger partial charge in [-0.05, 0) is 42.0 Å². The van der Waals surface area contributed by atoms with Gasteiger partial charge in [-0.15, -0.1) is 0 Å². The van der Waals surface area contributed by atoms with Crippen LogP contribution in [0.2, 0.25) is 0 Å². The number of hydrogen-bond acceptors (Lipinski definition) is 8. The molecule has 4 aromatic rings. The van der Waals surface area contributed by atoms with E-state index >= 15 is 0 Å². The van der Waals surface area contributed by atoms with Crippen LogP contribution in [0, 0.1) is 0 Å². The lowest BCUT2D eigenvalue weighted by atomic mass is 9.95. The van der Waals surface area contributed by atoms with Gasteiger partial charge in [0, 0.05) is 16.5 Å². The van der Waals surface area contributed by atoms with Crippen LogP contribution in [-0.4, -0.2) is 33.5 Å². The molecule has 0 spiro atoms. The van der Waals surface area contributed by atoms with Crippen molar-refractivity contribution in [2.75, 3.05) is 7.11 Å². The van der Waals surface area contributed by atoms with E-state index in [1.807, 2.05) is 0 Å². The predicted molar refractivity (Wildman–Crippen MR) is 119 cm³/mol. The molecule has 9 heteroatoms. The summed E-state index contributed by atoms with van der Waals surface area (Å²) in [6, 6.07) is 10.1. The number of methoxy groups -OCH3 is 1. The molecule has 9 nitrogen and oxygen atoms in total. The molecule has 0 aliphatic carbocycles. The molecule has 6 rings (SSSR count). The number of pyridine rings is 2. The zero-order valence-electron chi connectivity index (χ0n) is 18.0. The second kappa shape index (κ2) is 7.39. The van der Waals surface area contributed by atoms with Crippen molar-refractivity contribution in [1.29, 1.82) is 0 Å². The molecule has 5 heterocycles. The van der Waals surface area contributed by atoms with Crippen LogP contribution in [0.5, 0.6) is 5.75 Å². The summed E-state index contributed by atoms with van der Waals surface area (Å²) in [5, 5.41) is 11.1. The Balaban J connectivity index is 1.64. The summed E-state index contributed by atoms with van der Waals surface area (Å²) in [5.41, 5.74) is 2.60. The van der Waals surface area contributed by atoms with Crippen LogP contribution < -0.4 is 10.3 Å². The second-order valence-corrected chi connectivity index (χ2v) is 8.24. The number of furan rings is 1. The van der Waals surface area contributed by atoms with Gasteiger partial charge in [0.2, 0.25) is 5.78 Å². The molecule has 0 amide bonds. The van der Waals surface area contributed by atoms with Crippen molar-refractivity contribution >= 4 is 22.7 Å². The van der Waals surface area contributed by atoms with Gasteiger partial charge in [0.1, 0.15) is 12.4 Å². The summed E-state index contributed by atoms with van der Waals surface area (Å²) in [5.74, 6) is -0.178. The Morgan fingerprint density at radius 1 is 1.21 bits per heavy atom. The molecular formula is C25H18N2O7. The van der Waals surface area contributed by atoms with Gasteiger partial charge in [-0.1, -0.05) is 0 Å². The van der Waals surface area contributed by atoms with Gasteiger partial charge in [-0.3, -0.25) is 14.4 Å². The summed E-state index contributed by atoms with van der Waals surface area (Å²) in [7, 11) is 1.54. The Kier molecular flexibility index (Phi) is 4.43. The third-order valence-electron chi connectivity index (χ3n) is 6.36. The molecule has 34 heavy (non-hydrogen) atoms. The first-order valence-corrected chi connectivity index (χ1v) is 10.7. The van der Waals surface area contributed by atoms with Crippen LogP contribution >= 0.6 is 0 Å². The van der Waals surface area contributed by atoms with E-state index in [1.54, 1.807) is 36.4 Å². The maximum atomic E-state index is 13.6. The molecule has 0 saturated heterocycles. The Bertz CT molecular complexity index is 1570. The standard InChI is InChI=1S/C25H18N2O7/c1-32-12-4-5-17-14(7-12)22(24(30)20-3-2-6-33-20)15-10-27-18(23(15)26-17)8-13-16(25(27)31)11-34-21(29)9-19(13)28/h2-8,19,28H,9-11H2,1H3. The van der Waals surface area contributed by atoms with Gasteiger partial charge in [-0.25, -0.2) is 4.98 Å². The third kappa shape index (κ3) is 2.90. The molecule has 2 aliphatic rings. The van der Waals surface area contributed by atoms with Crippen LogP contribution in [0.3, 0.4) is 0 Å². The highest BCUT2D eigenvalue weighted by Crippen LogP contribution is 2.39. The largest absolute Gasteiger partial charge is 0.497 e. The molecule has 2 aliphatic heterocycles. The predicted octanol–water partition coefficient (Wildman–Crippen LogP) is 2.74. The smallest absolute Gasteiger partial charge is 0.309 e.